The molecule has 0 aromatic carbocycles. The maximum absolute atomic E-state index is 10.6. The topological polar surface area (TPSA) is 68.0 Å². The third-order valence-electron chi connectivity index (χ3n) is 1.13. The van der Waals surface area contributed by atoms with Gasteiger partial charge >= 0.3 is 0 Å². The number of aromatic nitrogens is 1. The number of nitrogens with one attached hydrogen (secondary N) is 1. The molecule has 0 aliphatic heterocycles. The summed E-state index contributed by atoms with van der Waals surface area (Å²) in [6.07, 6.45) is 1.57. The minimum atomic E-state index is -0.171. The van der Waals surface area contributed by atoms with Gasteiger partial charge < -0.3 is 11.1 Å². The van der Waals surface area contributed by atoms with Crippen LogP contribution in [0, 0.1) is 0 Å². The molecule has 0 bridgehead atoms. The van der Waals surface area contributed by atoms with Crippen molar-refractivity contribution in [2.24, 2.45) is 0 Å². The van der Waals surface area contributed by atoms with Crippen LogP contribution in [0.1, 0.15) is 6.92 Å². The average molecular weight is 151 g/mol. The van der Waals surface area contributed by atoms with Crippen LogP contribution in [0.4, 0.5) is 11.5 Å². The summed E-state index contributed by atoms with van der Waals surface area (Å²) in [5.74, 6) is 0.246. The molecule has 4 nitrogen and oxygen atoms in total. The van der Waals surface area contributed by atoms with Gasteiger partial charge in [0.2, 0.25) is 5.91 Å². The summed E-state index contributed by atoms with van der Waals surface area (Å²) >= 11 is 0. The number of pyridine rings is 1. The van der Waals surface area contributed by atoms with Crippen molar-refractivity contribution in [2.75, 3.05) is 11.1 Å². The smallest absolute Gasteiger partial charge is 0.222 e. The molecule has 11 heavy (non-hydrogen) atoms. The fourth-order valence-electron chi connectivity index (χ4n) is 0.689. The summed E-state index contributed by atoms with van der Waals surface area (Å²) < 4.78 is 0. The largest absolute Gasteiger partial charge is 0.396 e. The van der Waals surface area contributed by atoms with Crippen LogP contribution in [-0.2, 0) is 4.79 Å². The molecule has 0 aliphatic rings. The number of hydrogen-bond acceptors (Lipinski definition) is 3. The van der Waals surface area contributed by atoms with E-state index in [1.54, 1.807) is 18.3 Å². The number of nitrogens with zero attached hydrogens (tertiary/aromatic N) is 1. The highest BCUT2D eigenvalue weighted by molar-refractivity contribution is 5.90. The molecular weight excluding hydrogens is 142 g/mol. The Hall–Kier alpha value is -1.58. The molecule has 0 atom stereocenters. The molecule has 1 rings (SSSR count). The minimum absolute atomic E-state index is 0.171. The van der Waals surface area contributed by atoms with Gasteiger partial charge in [-0.3, -0.25) is 4.79 Å². The molecule has 1 aromatic rings. The second-order valence-corrected chi connectivity index (χ2v) is 2.12. The SMILES string of the molecule is CC(=O)Nc1ncccc1N. The van der Waals surface area contributed by atoms with Crippen LogP contribution >= 0.6 is 0 Å². The monoisotopic (exact) mass is 151 g/mol. The Bertz CT molecular complexity index is 272. The molecule has 4 heteroatoms. The molecule has 0 spiro atoms. The Morgan fingerprint density at radius 1 is 1.73 bits per heavy atom. The molecular formula is C7H9N3O. The molecule has 0 unspecified atom stereocenters. The van der Waals surface area contributed by atoms with Gasteiger partial charge in [-0.1, -0.05) is 0 Å². The molecule has 58 valence electrons. The summed E-state index contributed by atoms with van der Waals surface area (Å²) in [4.78, 5) is 14.4. The number of carbonyl (C=O) groups is 1. The standard InChI is InChI=1S/C7H9N3O/c1-5(11)10-7-6(8)3-2-4-9-7/h2-4H,8H2,1H3,(H,9,10,11). The van der Waals surface area contributed by atoms with Crippen LogP contribution in [0.15, 0.2) is 18.3 Å². The molecule has 0 saturated carbocycles. The van der Waals surface area contributed by atoms with Gasteiger partial charge in [0, 0.05) is 13.1 Å². The van der Waals surface area contributed by atoms with Crippen molar-refractivity contribution >= 4 is 17.4 Å². The van der Waals surface area contributed by atoms with E-state index < -0.39 is 0 Å². The molecule has 1 amide bonds. The fourth-order valence-corrected chi connectivity index (χ4v) is 0.689. The maximum atomic E-state index is 10.6. The van der Waals surface area contributed by atoms with Crippen LogP contribution in [0.3, 0.4) is 0 Å². The van der Waals surface area contributed by atoms with E-state index in [0.29, 0.717) is 11.5 Å². The van der Waals surface area contributed by atoms with E-state index in [1.807, 2.05) is 0 Å². The van der Waals surface area contributed by atoms with E-state index in [1.165, 1.54) is 6.92 Å². The van der Waals surface area contributed by atoms with Gasteiger partial charge in [-0.05, 0) is 12.1 Å². The van der Waals surface area contributed by atoms with Crippen LogP contribution in [0.2, 0.25) is 0 Å². The summed E-state index contributed by atoms with van der Waals surface area (Å²) in [7, 11) is 0. The number of amides is 1. The zero-order chi connectivity index (χ0) is 8.27. The first-order chi connectivity index (χ1) is 5.20. The van der Waals surface area contributed by atoms with E-state index >= 15 is 0 Å². The van der Waals surface area contributed by atoms with Gasteiger partial charge in [0.1, 0.15) is 0 Å². The van der Waals surface area contributed by atoms with Gasteiger partial charge in [-0.15, -0.1) is 0 Å². The van der Waals surface area contributed by atoms with E-state index in [2.05, 4.69) is 10.3 Å². The molecule has 0 aliphatic carbocycles. The zero-order valence-electron chi connectivity index (χ0n) is 6.16. The first-order valence-corrected chi connectivity index (χ1v) is 3.18. The predicted molar refractivity (Wildman–Crippen MR) is 43.0 cm³/mol. The third kappa shape index (κ3) is 1.93. The maximum Gasteiger partial charge on any atom is 0.222 e. The Morgan fingerprint density at radius 3 is 3.00 bits per heavy atom. The highest BCUT2D eigenvalue weighted by atomic mass is 16.1. The van der Waals surface area contributed by atoms with E-state index in [4.69, 9.17) is 5.73 Å². The van der Waals surface area contributed by atoms with Crippen LogP contribution in [-0.4, -0.2) is 10.9 Å². The van der Waals surface area contributed by atoms with Gasteiger partial charge in [0.05, 0.1) is 5.69 Å². The Morgan fingerprint density at radius 2 is 2.45 bits per heavy atom. The second-order valence-electron chi connectivity index (χ2n) is 2.12. The average Bonchev–Trinajstić information content (AvgIpc) is 1.93. The number of carbonyl (C=O) groups excluding carboxylic acids is 1. The van der Waals surface area contributed by atoms with Crippen molar-refractivity contribution in [3.05, 3.63) is 18.3 Å². The van der Waals surface area contributed by atoms with E-state index in [0.717, 1.165) is 0 Å². The highest BCUT2D eigenvalue weighted by Crippen LogP contribution is 2.11. The highest BCUT2D eigenvalue weighted by Gasteiger charge is 1.98. The first kappa shape index (κ1) is 7.53. The lowest BCUT2D eigenvalue weighted by atomic mass is 10.4. The Balaban J connectivity index is 2.86. The third-order valence-corrected chi connectivity index (χ3v) is 1.13. The van der Waals surface area contributed by atoms with Gasteiger partial charge in [0.15, 0.2) is 5.82 Å². The Kier molecular flexibility index (Phi) is 2.06. The van der Waals surface area contributed by atoms with Crippen LogP contribution in [0.5, 0.6) is 0 Å². The number of rotatable bonds is 1. The van der Waals surface area contributed by atoms with Gasteiger partial charge in [-0.25, -0.2) is 4.98 Å². The second kappa shape index (κ2) is 3.01. The van der Waals surface area contributed by atoms with Gasteiger partial charge in [-0.2, -0.15) is 0 Å². The minimum Gasteiger partial charge on any atom is -0.396 e. The Labute approximate surface area is 64.4 Å². The zero-order valence-corrected chi connectivity index (χ0v) is 6.16. The van der Waals surface area contributed by atoms with E-state index in [9.17, 15) is 4.79 Å². The molecule has 0 saturated heterocycles. The predicted octanol–water partition coefficient (Wildman–Crippen LogP) is 0.622. The lowest BCUT2D eigenvalue weighted by molar-refractivity contribution is -0.114. The normalized spacial score (nSPS) is 9.18. The fraction of sp³-hybridized carbons (Fsp3) is 0.143. The quantitative estimate of drug-likeness (QED) is 0.618. The van der Waals surface area contributed by atoms with Crippen LogP contribution < -0.4 is 11.1 Å². The number of hydrogen-bond donors (Lipinski definition) is 2. The van der Waals surface area contributed by atoms with E-state index in [-0.39, 0.29) is 5.91 Å². The lowest BCUT2D eigenvalue weighted by Gasteiger charge is -2.02. The summed E-state index contributed by atoms with van der Waals surface area (Å²) in [5.41, 5.74) is 5.97. The van der Waals surface area contributed by atoms with Crippen molar-refractivity contribution in [1.29, 1.82) is 0 Å². The summed E-state index contributed by atoms with van der Waals surface area (Å²) in [6.45, 7) is 1.41. The van der Waals surface area contributed by atoms with Crippen molar-refractivity contribution < 1.29 is 4.79 Å². The first-order valence-electron chi connectivity index (χ1n) is 3.18. The molecule has 0 radical (unpaired) electrons. The molecule has 3 N–H and O–H groups in total. The van der Waals surface area contributed by atoms with Crippen molar-refractivity contribution in [3.8, 4) is 0 Å². The molecule has 1 aromatic heterocycles. The number of anilines is 2. The lowest BCUT2D eigenvalue weighted by Crippen LogP contribution is -2.09. The number of nitrogen functional groups attached to an aromatic ring is 1. The molecule has 1 heterocycles. The summed E-state index contributed by atoms with van der Waals surface area (Å²) in [5, 5.41) is 2.50. The van der Waals surface area contributed by atoms with Crippen molar-refractivity contribution in [1.82, 2.24) is 4.98 Å². The van der Waals surface area contributed by atoms with Gasteiger partial charge in [0.25, 0.3) is 0 Å². The number of nitrogens with two attached hydrogens (primary N) is 1. The van der Waals surface area contributed by atoms with Crippen LogP contribution in [0.25, 0.3) is 0 Å². The summed E-state index contributed by atoms with van der Waals surface area (Å²) in [6, 6.07) is 3.39. The van der Waals surface area contributed by atoms with Crippen molar-refractivity contribution in [2.45, 2.75) is 6.92 Å². The van der Waals surface area contributed by atoms with Crippen molar-refractivity contribution in [3.63, 3.8) is 0 Å². The molecule has 0 fully saturated rings.